The summed E-state index contributed by atoms with van der Waals surface area (Å²) < 4.78 is 13.8. The van der Waals surface area contributed by atoms with E-state index in [9.17, 15) is 4.21 Å². The lowest BCUT2D eigenvalue weighted by atomic mass is 10.1. The van der Waals surface area contributed by atoms with Crippen LogP contribution in [0.3, 0.4) is 0 Å². The first-order chi connectivity index (χ1) is 5.68. The highest BCUT2D eigenvalue weighted by Gasteiger charge is 2.27. The summed E-state index contributed by atoms with van der Waals surface area (Å²) in [5.74, 6) is 0.538. The van der Waals surface area contributed by atoms with Gasteiger partial charge in [0.2, 0.25) is 0 Å². The molecule has 0 aliphatic heterocycles. The van der Waals surface area contributed by atoms with Crippen molar-refractivity contribution in [1.82, 2.24) is 4.31 Å². The van der Waals surface area contributed by atoms with Crippen molar-refractivity contribution in [3.63, 3.8) is 0 Å². The maximum absolute atomic E-state index is 11.9. The minimum atomic E-state index is -0.899. The molecule has 0 spiro atoms. The average molecular weight is 205 g/mol. The van der Waals surface area contributed by atoms with Crippen LogP contribution in [0.25, 0.3) is 0 Å². The van der Waals surface area contributed by atoms with Crippen LogP contribution in [0.2, 0.25) is 0 Å². The third kappa shape index (κ3) is 3.77. The first kappa shape index (κ1) is 13.1. The molecule has 0 amide bonds. The Bertz CT molecular complexity index is 184. The summed E-state index contributed by atoms with van der Waals surface area (Å²) in [6.07, 6.45) is 0. The van der Waals surface area contributed by atoms with Gasteiger partial charge in [0, 0.05) is 13.1 Å². The number of hydrogen-bond acceptors (Lipinski definition) is 1. The normalized spacial score (nSPS) is 17.9. The lowest BCUT2D eigenvalue weighted by Crippen LogP contribution is -2.42. The maximum Gasteiger partial charge on any atom is 0.0997 e. The Labute approximate surface area is 85.3 Å². The van der Waals surface area contributed by atoms with Gasteiger partial charge in [0.05, 0.1) is 15.7 Å². The molecular formula is C10H23NOS. The van der Waals surface area contributed by atoms with Gasteiger partial charge in [-0.2, -0.15) is 0 Å². The molecular weight excluding hydrogens is 182 g/mol. The fourth-order valence-corrected chi connectivity index (χ4v) is 2.41. The zero-order chi connectivity index (χ0) is 10.8. The van der Waals surface area contributed by atoms with Gasteiger partial charge in [0.1, 0.15) is 0 Å². The summed E-state index contributed by atoms with van der Waals surface area (Å²) in [6.45, 7) is 12.4. The summed E-state index contributed by atoms with van der Waals surface area (Å²) in [5, 5.41) is 0. The van der Waals surface area contributed by atoms with Gasteiger partial charge in [0.15, 0.2) is 0 Å². The van der Waals surface area contributed by atoms with Crippen LogP contribution in [0.15, 0.2) is 0 Å². The molecule has 3 heteroatoms. The zero-order valence-corrected chi connectivity index (χ0v) is 10.7. The largest absolute Gasteiger partial charge is 0.242 e. The molecule has 0 radical (unpaired) electrons. The van der Waals surface area contributed by atoms with E-state index in [-0.39, 0.29) is 4.75 Å². The van der Waals surface area contributed by atoms with Crippen molar-refractivity contribution >= 4 is 11.0 Å². The van der Waals surface area contributed by atoms with Gasteiger partial charge in [-0.05, 0) is 33.6 Å². The topological polar surface area (TPSA) is 20.3 Å². The molecule has 0 fully saturated rings. The van der Waals surface area contributed by atoms with Crippen molar-refractivity contribution < 1.29 is 4.21 Å². The molecule has 13 heavy (non-hydrogen) atoms. The van der Waals surface area contributed by atoms with Gasteiger partial charge in [0.25, 0.3) is 0 Å². The Morgan fingerprint density at radius 2 is 1.54 bits per heavy atom. The Balaban J connectivity index is 4.44. The molecule has 0 aromatic rings. The third-order valence-electron chi connectivity index (χ3n) is 2.32. The van der Waals surface area contributed by atoms with Crippen molar-refractivity contribution in [2.24, 2.45) is 5.92 Å². The van der Waals surface area contributed by atoms with Crippen LogP contribution in [0, 0.1) is 5.92 Å². The first-order valence-electron chi connectivity index (χ1n) is 4.82. The second-order valence-electron chi connectivity index (χ2n) is 4.89. The summed E-state index contributed by atoms with van der Waals surface area (Å²) in [7, 11) is 1.04. The van der Waals surface area contributed by atoms with Crippen LogP contribution < -0.4 is 0 Å². The van der Waals surface area contributed by atoms with Gasteiger partial charge in [-0.15, -0.1) is 0 Å². The maximum atomic E-state index is 11.9. The average Bonchev–Trinajstić information content (AvgIpc) is 1.98. The van der Waals surface area contributed by atoms with Gasteiger partial charge in [-0.3, -0.25) is 0 Å². The number of hydrogen-bond donors (Lipinski definition) is 0. The molecule has 0 aliphatic carbocycles. The van der Waals surface area contributed by atoms with Crippen LogP contribution >= 0.6 is 0 Å². The molecule has 80 valence electrons. The summed E-state index contributed by atoms with van der Waals surface area (Å²) in [5.41, 5.74) is 0. The van der Waals surface area contributed by atoms with Crippen LogP contribution in [-0.2, 0) is 11.0 Å². The smallest absolute Gasteiger partial charge is 0.0997 e. The van der Waals surface area contributed by atoms with E-state index in [0.29, 0.717) is 12.0 Å². The van der Waals surface area contributed by atoms with Crippen molar-refractivity contribution in [1.29, 1.82) is 0 Å². The lowest BCUT2D eigenvalue weighted by Gasteiger charge is -2.32. The second kappa shape index (κ2) is 4.56. The highest BCUT2D eigenvalue weighted by molar-refractivity contribution is 7.84. The molecule has 0 N–H and O–H groups in total. The minimum Gasteiger partial charge on any atom is -0.242 e. The molecule has 0 bridgehead atoms. The van der Waals surface area contributed by atoms with Crippen LogP contribution in [0.5, 0.6) is 0 Å². The fourth-order valence-electron chi connectivity index (χ4n) is 1.00. The summed E-state index contributed by atoms with van der Waals surface area (Å²) >= 11 is 0. The van der Waals surface area contributed by atoms with Crippen molar-refractivity contribution in [3.05, 3.63) is 0 Å². The van der Waals surface area contributed by atoms with Crippen LogP contribution in [-0.4, -0.2) is 26.4 Å². The Morgan fingerprint density at radius 1 is 1.15 bits per heavy atom. The van der Waals surface area contributed by atoms with E-state index in [0.717, 1.165) is 0 Å². The SMILES string of the molecule is CC(C)[C@@H](C)N(C)[S@@](=O)C(C)(C)C. The summed E-state index contributed by atoms with van der Waals surface area (Å²) in [6, 6.07) is 0.361. The molecule has 0 saturated heterocycles. The van der Waals surface area contributed by atoms with Crippen molar-refractivity contribution in [2.45, 2.75) is 52.3 Å². The van der Waals surface area contributed by atoms with E-state index >= 15 is 0 Å². The zero-order valence-electron chi connectivity index (χ0n) is 9.92. The van der Waals surface area contributed by atoms with E-state index < -0.39 is 11.0 Å². The van der Waals surface area contributed by atoms with Crippen LogP contribution in [0.4, 0.5) is 0 Å². The summed E-state index contributed by atoms with van der Waals surface area (Å²) in [4.78, 5) is 0. The van der Waals surface area contributed by atoms with Gasteiger partial charge >= 0.3 is 0 Å². The van der Waals surface area contributed by atoms with E-state index in [1.807, 2.05) is 32.1 Å². The predicted octanol–water partition coefficient (Wildman–Crippen LogP) is 2.42. The molecule has 0 aromatic carbocycles. The van der Waals surface area contributed by atoms with E-state index in [1.165, 1.54) is 0 Å². The highest BCUT2D eigenvalue weighted by Crippen LogP contribution is 2.19. The fraction of sp³-hybridized carbons (Fsp3) is 1.00. The van der Waals surface area contributed by atoms with E-state index in [1.54, 1.807) is 0 Å². The van der Waals surface area contributed by atoms with Gasteiger partial charge < -0.3 is 0 Å². The molecule has 0 heterocycles. The molecule has 0 aliphatic rings. The minimum absolute atomic E-state index is 0.155. The van der Waals surface area contributed by atoms with E-state index in [2.05, 4.69) is 20.8 Å². The van der Waals surface area contributed by atoms with Gasteiger partial charge in [-0.1, -0.05) is 13.8 Å². The Kier molecular flexibility index (Phi) is 4.60. The quantitative estimate of drug-likeness (QED) is 0.693. The van der Waals surface area contributed by atoms with Crippen molar-refractivity contribution in [3.8, 4) is 0 Å². The predicted molar refractivity (Wildman–Crippen MR) is 60.0 cm³/mol. The van der Waals surface area contributed by atoms with Gasteiger partial charge in [-0.25, -0.2) is 8.51 Å². The Hall–Kier alpha value is 0.110. The molecule has 0 unspecified atom stereocenters. The third-order valence-corrected chi connectivity index (χ3v) is 4.23. The first-order valence-corrected chi connectivity index (χ1v) is 5.93. The van der Waals surface area contributed by atoms with E-state index in [4.69, 9.17) is 0 Å². The molecule has 2 atom stereocenters. The lowest BCUT2D eigenvalue weighted by molar-refractivity contribution is 0.325. The standard InChI is InChI=1S/C10H23NOS/c1-8(2)9(3)11(7)13(12)10(4,5)6/h8-9H,1-7H3/t9-,13+/m1/s1. The van der Waals surface area contributed by atoms with Crippen molar-refractivity contribution in [2.75, 3.05) is 7.05 Å². The van der Waals surface area contributed by atoms with Crippen LogP contribution in [0.1, 0.15) is 41.5 Å². The Morgan fingerprint density at radius 3 is 1.77 bits per heavy atom. The molecule has 0 saturated carbocycles. The second-order valence-corrected chi connectivity index (χ2v) is 7.19. The monoisotopic (exact) mass is 205 g/mol. The molecule has 2 nitrogen and oxygen atoms in total. The highest BCUT2D eigenvalue weighted by atomic mass is 32.2. The number of nitrogens with zero attached hydrogens (tertiary/aromatic N) is 1. The molecule has 0 aromatic heterocycles. The molecule has 0 rings (SSSR count). The number of rotatable bonds is 3.